The van der Waals surface area contributed by atoms with Crippen LogP contribution in [0.15, 0.2) is 18.2 Å². The van der Waals surface area contributed by atoms with Gasteiger partial charge in [0.05, 0.1) is 12.3 Å². The Hall–Kier alpha value is -1.55. The van der Waals surface area contributed by atoms with Crippen molar-refractivity contribution in [2.45, 2.75) is 27.2 Å². The van der Waals surface area contributed by atoms with Crippen LogP contribution in [0.4, 0.5) is 5.13 Å². The van der Waals surface area contributed by atoms with Gasteiger partial charge in [-0.25, -0.2) is 4.98 Å². The Labute approximate surface area is 112 Å². The second-order valence-electron chi connectivity index (χ2n) is 4.07. The van der Waals surface area contributed by atoms with Gasteiger partial charge in [-0.3, -0.25) is 0 Å². The van der Waals surface area contributed by atoms with Crippen molar-refractivity contribution >= 4 is 16.5 Å². The number of anilines is 1. The predicted octanol–water partition coefficient (Wildman–Crippen LogP) is 3.66. The van der Waals surface area contributed by atoms with Crippen molar-refractivity contribution in [3.05, 3.63) is 28.6 Å². The zero-order chi connectivity index (χ0) is 13.1. The molecule has 1 aromatic heterocycles. The number of nitrogens with zero attached hydrogens (tertiary/aromatic N) is 1. The van der Waals surface area contributed by atoms with Crippen molar-refractivity contribution < 1.29 is 4.74 Å². The monoisotopic (exact) mass is 262 g/mol. The van der Waals surface area contributed by atoms with E-state index in [1.807, 2.05) is 19.9 Å². The van der Waals surface area contributed by atoms with E-state index in [0.29, 0.717) is 11.7 Å². The van der Waals surface area contributed by atoms with Gasteiger partial charge < -0.3 is 10.5 Å². The van der Waals surface area contributed by atoms with E-state index in [0.717, 1.165) is 28.3 Å². The Bertz CT molecular complexity index is 549. The predicted molar refractivity (Wildman–Crippen MR) is 77.2 cm³/mol. The van der Waals surface area contributed by atoms with E-state index < -0.39 is 0 Å². The summed E-state index contributed by atoms with van der Waals surface area (Å²) in [5.74, 6) is 0.878. The lowest BCUT2D eigenvalue weighted by Gasteiger charge is -2.10. The molecule has 0 radical (unpaired) electrons. The van der Waals surface area contributed by atoms with E-state index in [4.69, 9.17) is 10.5 Å². The molecular weight excluding hydrogens is 244 g/mol. The van der Waals surface area contributed by atoms with E-state index in [1.165, 1.54) is 16.9 Å². The van der Waals surface area contributed by atoms with Gasteiger partial charge in [-0.2, -0.15) is 0 Å². The molecule has 0 bridgehead atoms. The first-order chi connectivity index (χ1) is 8.65. The molecule has 2 rings (SSSR count). The van der Waals surface area contributed by atoms with Crippen molar-refractivity contribution in [1.82, 2.24) is 4.98 Å². The molecular formula is C14H18N2OS. The van der Waals surface area contributed by atoms with Crippen LogP contribution in [0.1, 0.15) is 24.3 Å². The summed E-state index contributed by atoms with van der Waals surface area (Å²) in [7, 11) is 0. The van der Waals surface area contributed by atoms with Crippen molar-refractivity contribution in [1.29, 1.82) is 0 Å². The first kappa shape index (κ1) is 12.9. The third kappa shape index (κ3) is 2.48. The number of aromatic nitrogens is 1. The van der Waals surface area contributed by atoms with E-state index in [1.54, 1.807) is 0 Å². The first-order valence-corrected chi connectivity index (χ1v) is 6.96. The van der Waals surface area contributed by atoms with Gasteiger partial charge in [0.15, 0.2) is 5.13 Å². The molecule has 18 heavy (non-hydrogen) atoms. The summed E-state index contributed by atoms with van der Waals surface area (Å²) in [6, 6.07) is 6.26. The minimum Gasteiger partial charge on any atom is -0.493 e. The van der Waals surface area contributed by atoms with Crippen LogP contribution in [-0.2, 0) is 6.42 Å². The molecule has 0 saturated carbocycles. The number of nitrogen functional groups attached to an aromatic ring is 1. The van der Waals surface area contributed by atoms with Gasteiger partial charge in [0.2, 0.25) is 0 Å². The Morgan fingerprint density at radius 1 is 1.33 bits per heavy atom. The number of hydrogen-bond donors (Lipinski definition) is 1. The van der Waals surface area contributed by atoms with Gasteiger partial charge in [-0.15, -0.1) is 11.3 Å². The molecule has 96 valence electrons. The van der Waals surface area contributed by atoms with E-state index in [-0.39, 0.29) is 0 Å². The van der Waals surface area contributed by atoms with Gasteiger partial charge in [0, 0.05) is 10.4 Å². The van der Waals surface area contributed by atoms with Crippen LogP contribution in [0.25, 0.3) is 11.3 Å². The molecule has 2 aromatic rings. The van der Waals surface area contributed by atoms with Crippen LogP contribution in [0, 0.1) is 6.92 Å². The van der Waals surface area contributed by atoms with Gasteiger partial charge in [0.1, 0.15) is 5.75 Å². The summed E-state index contributed by atoms with van der Waals surface area (Å²) in [5.41, 5.74) is 9.04. The fourth-order valence-electron chi connectivity index (χ4n) is 1.93. The summed E-state index contributed by atoms with van der Waals surface area (Å²) in [6.07, 6.45) is 0.998. The molecule has 3 nitrogen and oxygen atoms in total. The zero-order valence-electron chi connectivity index (χ0n) is 11.0. The SMILES string of the molecule is CCOc1ccc(CC)cc1-c1nc(N)sc1C. The summed E-state index contributed by atoms with van der Waals surface area (Å²) in [6.45, 7) is 6.82. The number of thiazole rings is 1. The highest BCUT2D eigenvalue weighted by Crippen LogP contribution is 2.35. The number of rotatable bonds is 4. The van der Waals surface area contributed by atoms with Gasteiger partial charge >= 0.3 is 0 Å². The number of hydrogen-bond acceptors (Lipinski definition) is 4. The fraction of sp³-hybridized carbons (Fsp3) is 0.357. The highest BCUT2D eigenvalue weighted by Gasteiger charge is 2.13. The maximum atomic E-state index is 5.78. The Morgan fingerprint density at radius 2 is 2.11 bits per heavy atom. The van der Waals surface area contributed by atoms with Crippen LogP contribution >= 0.6 is 11.3 Å². The van der Waals surface area contributed by atoms with E-state index >= 15 is 0 Å². The molecule has 1 aromatic carbocycles. The number of benzene rings is 1. The molecule has 1 heterocycles. The van der Waals surface area contributed by atoms with Crippen molar-refractivity contribution in [2.75, 3.05) is 12.3 Å². The highest BCUT2D eigenvalue weighted by atomic mass is 32.1. The molecule has 0 aliphatic carbocycles. The largest absolute Gasteiger partial charge is 0.493 e. The van der Waals surface area contributed by atoms with E-state index in [9.17, 15) is 0 Å². The number of aryl methyl sites for hydroxylation is 2. The topological polar surface area (TPSA) is 48.1 Å². The molecule has 0 fully saturated rings. The maximum Gasteiger partial charge on any atom is 0.180 e. The molecule has 2 N–H and O–H groups in total. The quantitative estimate of drug-likeness (QED) is 0.914. The lowest BCUT2D eigenvalue weighted by molar-refractivity contribution is 0.341. The molecule has 4 heteroatoms. The van der Waals surface area contributed by atoms with Crippen LogP contribution < -0.4 is 10.5 Å². The molecule has 0 aliphatic rings. The summed E-state index contributed by atoms with van der Waals surface area (Å²) < 4.78 is 5.68. The Balaban J connectivity index is 2.55. The van der Waals surface area contributed by atoms with Crippen molar-refractivity contribution in [3.63, 3.8) is 0 Å². The second kappa shape index (κ2) is 5.40. The lowest BCUT2D eigenvalue weighted by Crippen LogP contribution is -1.96. The number of ether oxygens (including phenoxy) is 1. The minimum absolute atomic E-state index is 0.604. The molecule has 0 aliphatic heterocycles. The average molecular weight is 262 g/mol. The standard InChI is InChI=1S/C14H18N2OS/c1-4-10-6-7-12(17-5-2)11(8-10)13-9(3)18-14(15)16-13/h6-8H,4-5H2,1-3H3,(H2,15,16). The summed E-state index contributed by atoms with van der Waals surface area (Å²) >= 11 is 1.52. The molecule has 0 unspecified atom stereocenters. The Morgan fingerprint density at radius 3 is 2.67 bits per heavy atom. The zero-order valence-corrected chi connectivity index (χ0v) is 11.8. The van der Waals surface area contributed by atoms with Crippen LogP contribution in [0.2, 0.25) is 0 Å². The highest BCUT2D eigenvalue weighted by molar-refractivity contribution is 7.15. The first-order valence-electron chi connectivity index (χ1n) is 6.14. The molecule has 0 spiro atoms. The molecule has 0 amide bonds. The summed E-state index contributed by atoms with van der Waals surface area (Å²) in [5, 5.41) is 0.604. The van der Waals surface area contributed by atoms with Gasteiger partial charge in [-0.05, 0) is 38.0 Å². The third-order valence-electron chi connectivity index (χ3n) is 2.82. The smallest absolute Gasteiger partial charge is 0.180 e. The van der Waals surface area contributed by atoms with Crippen LogP contribution in [-0.4, -0.2) is 11.6 Å². The third-order valence-corrected chi connectivity index (χ3v) is 3.62. The van der Waals surface area contributed by atoms with Crippen LogP contribution in [0.3, 0.4) is 0 Å². The fourth-order valence-corrected chi connectivity index (χ4v) is 2.63. The minimum atomic E-state index is 0.604. The maximum absolute atomic E-state index is 5.78. The Kier molecular flexibility index (Phi) is 3.87. The van der Waals surface area contributed by atoms with Gasteiger partial charge in [0.25, 0.3) is 0 Å². The molecule has 0 atom stereocenters. The van der Waals surface area contributed by atoms with E-state index in [2.05, 4.69) is 24.0 Å². The van der Waals surface area contributed by atoms with Crippen LogP contribution in [0.5, 0.6) is 5.75 Å². The number of nitrogens with two attached hydrogens (primary N) is 1. The lowest BCUT2D eigenvalue weighted by atomic mass is 10.0. The van der Waals surface area contributed by atoms with Gasteiger partial charge in [-0.1, -0.05) is 13.0 Å². The van der Waals surface area contributed by atoms with Crippen molar-refractivity contribution in [2.24, 2.45) is 0 Å². The normalized spacial score (nSPS) is 10.6. The van der Waals surface area contributed by atoms with Crippen molar-refractivity contribution in [3.8, 4) is 17.0 Å². The average Bonchev–Trinajstić information content (AvgIpc) is 2.69. The summed E-state index contributed by atoms with van der Waals surface area (Å²) in [4.78, 5) is 5.54. The second-order valence-corrected chi connectivity index (χ2v) is 5.31. The molecule has 0 saturated heterocycles.